The van der Waals surface area contributed by atoms with E-state index in [1.54, 1.807) is 13.8 Å². The Kier molecular flexibility index (Phi) is 2.58. The lowest BCUT2D eigenvalue weighted by molar-refractivity contribution is 0.101. The van der Waals surface area contributed by atoms with Crippen LogP contribution in [-0.4, -0.2) is 11.6 Å². The van der Waals surface area contributed by atoms with Gasteiger partial charge in [-0.15, -0.1) is 0 Å². The number of hydrogen-bond acceptors (Lipinski definition) is 2. The molecule has 0 atom stereocenters. The number of hydrogen-bond donors (Lipinski definition) is 0. The van der Waals surface area contributed by atoms with Crippen LogP contribution in [0, 0.1) is 0 Å². The Morgan fingerprint density at radius 2 is 0.955 bits per heavy atom. The minimum atomic E-state index is 0.0599. The summed E-state index contributed by atoms with van der Waals surface area (Å²) in [4.78, 5) is 23.8. The quantitative estimate of drug-likeness (QED) is 0.384. The largest absolute Gasteiger partial charge is 0.294 e. The van der Waals surface area contributed by atoms with Crippen molar-refractivity contribution in [3.63, 3.8) is 0 Å². The van der Waals surface area contributed by atoms with E-state index in [0.29, 0.717) is 0 Å². The van der Waals surface area contributed by atoms with Gasteiger partial charge in [-0.1, -0.05) is 48.5 Å². The van der Waals surface area contributed by atoms with Crippen LogP contribution in [0.2, 0.25) is 0 Å². The number of ketones is 2. The van der Waals surface area contributed by atoms with Gasteiger partial charge in [-0.3, -0.25) is 9.59 Å². The predicted octanol–water partition coefficient (Wildman–Crippen LogP) is 4.99. The molecule has 4 aromatic rings. The Morgan fingerprint density at radius 1 is 0.591 bits per heavy atom. The maximum absolute atomic E-state index is 11.9. The summed E-state index contributed by atoms with van der Waals surface area (Å²) >= 11 is 0. The van der Waals surface area contributed by atoms with E-state index in [1.807, 2.05) is 36.4 Å². The summed E-state index contributed by atoms with van der Waals surface area (Å²) in [6.45, 7) is 3.18. The minimum Gasteiger partial charge on any atom is -0.294 e. The number of benzene rings is 4. The standard InChI is InChI=1S/C20H14O2/c1-11(21)15-7-5-13-3-4-14-6-8-16(12(2)22)18-10-9-17(15)19(13)20(14)18/h3-10H,1-2H3. The highest BCUT2D eigenvalue weighted by Crippen LogP contribution is 2.37. The summed E-state index contributed by atoms with van der Waals surface area (Å²) in [6.07, 6.45) is 0. The second kappa shape index (κ2) is 4.38. The first-order valence-corrected chi connectivity index (χ1v) is 7.30. The van der Waals surface area contributed by atoms with Gasteiger partial charge in [0.15, 0.2) is 11.6 Å². The van der Waals surface area contributed by atoms with Gasteiger partial charge in [0, 0.05) is 11.1 Å². The van der Waals surface area contributed by atoms with E-state index < -0.39 is 0 Å². The van der Waals surface area contributed by atoms with Gasteiger partial charge in [0.1, 0.15) is 0 Å². The van der Waals surface area contributed by atoms with E-state index in [9.17, 15) is 9.59 Å². The third-order valence-electron chi connectivity index (χ3n) is 4.42. The zero-order valence-corrected chi connectivity index (χ0v) is 12.4. The van der Waals surface area contributed by atoms with Gasteiger partial charge < -0.3 is 0 Å². The molecule has 0 aliphatic carbocycles. The average Bonchev–Trinajstić information content (AvgIpc) is 2.51. The van der Waals surface area contributed by atoms with Crippen LogP contribution < -0.4 is 0 Å². The highest BCUT2D eigenvalue weighted by Gasteiger charge is 2.15. The molecular formula is C20H14O2. The van der Waals surface area contributed by atoms with Crippen molar-refractivity contribution in [1.82, 2.24) is 0 Å². The summed E-state index contributed by atoms with van der Waals surface area (Å²) in [7, 11) is 0. The van der Waals surface area contributed by atoms with Crippen LogP contribution in [0.15, 0.2) is 48.5 Å². The van der Waals surface area contributed by atoms with Gasteiger partial charge in [-0.2, -0.15) is 0 Å². The van der Waals surface area contributed by atoms with Crippen molar-refractivity contribution in [2.75, 3.05) is 0 Å². The van der Waals surface area contributed by atoms with Crippen LogP contribution in [0.25, 0.3) is 32.3 Å². The van der Waals surface area contributed by atoms with E-state index in [4.69, 9.17) is 0 Å². The summed E-state index contributed by atoms with van der Waals surface area (Å²) in [5, 5.41) is 6.27. The Bertz CT molecular complexity index is 986. The van der Waals surface area contributed by atoms with Crippen LogP contribution in [0.1, 0.15) is 34.6 Å². The molecule has 0 amide bonds. The average molecular weight is 286 g/mol. The van der Waals surface area contributed by atoms with Crippen molar-refractivity contribution in [1.29, 1.82) is 0 Å². The normalized spacial score (nSPS) is 11.5. The lowest BCUT2D eigenvalue weighted by Crippen LogP contribution is -1.98. The van der Waals surface area contributed by atoms with Gasteiger partial charge in [0.05, 0.1) is 0 Å². The van der Waals surface area contributed by atoms with Crippen molar-refractivity contribution in [2.45, 2.75) is 13.8 Å². The third-order valence-corrected chi connectivity index (χ3v) is 4.42. The molecule has 2 nitrogen and oxygen atoms in total. The lowest BCUT2D eigenvalue weighted by Gasteiger charge is -2.14. The molecule has 0 heterocycles. The number of carbonyl (C=O) groups excluding carboxylic acids is 2. The summed E-state index contributed by atoms with van der Waals surface area (Å²) in [5.41, 5.74) is 1.46. The van der Waals surface area contributed by atoms with Gasteiger partial charge >= 0.3 is 0 Å². The molecule has 0 saturated carbocycles. The molecule has 0 fully saturated rings. The van der Waals surface area contributed by atoms with E-state index in [-0.39, 0.29) is 11.6 Å². The van der Waals surface area contributed by atoms with Crippen LogP contribution in [-0.2, 0) is 0 Å². The summed E-state index contributed by atoms with van der Waals surface area (Å²) in [5.74, 6) is 0.120. The number of rotatable bonds is 2. The Labute approximate surface area is 127 Å². The fourth-order valence-electron chi connectivity index (χ4n) is 3.42. The predicted molar refractivity (Wildman–Crippen MR) is 90.2 cm³/mol. The maximum atomic E-state index is 11.9. The lowest BCUT2D eigenvalue weighted by atomic mass is 9.89. The molecule has 0 N–H and O–H groups in total. The summed E-state index contributed by atoms with van der Waals surface area (Å²) in [6, 6.07) is 15.8. The molecule has 22 heavy (non-hydrogen) atoms. The fourth-order valence-corrected chi connectivity index (χ4v) is 3.42. The van der Waals surface area contributed by atoms with Crippen molar-refractivity contribution >= 4 is 43.9 Å². The van der Waals surface area contributed by atoms with Crippen molar-refractivity contribution in [2.24, 2.45) is 0 Å². The van der Waals surface area contributed by atoms with Crippen LogP contribution in [0.5, 0.6) is 0 Å². The van der Waals surface area contributed by atoms with Crippen LogP contribution in [0.4, 0.5) is 0 Å². The van der Waals surface area contributed by atoms with Crippen molar-refractivity contribution in [3.8, 4) is 0 Å². The van der Waals surface area contributed by atoms with Crippen LogP contribution >= 0.6 is 0 Å². The van der Waals surface area contributed by atoms with Crippen molar-refractivity contribution in [3.05, 3.63) is 59.7 Å². The first-order valence-electron chi connectivity index (χ1n) is 7.30. The zero-order valence-electron chi connectivity index (χ0n) is 12.4. The summed E-state index contributed by atoms with van der Waals surface area (Å²) < 4.78 is 0. The van der Waals surface area contributed by atoms with E-state index in [2.05, 4.69) is 12.1 Å². The molecule has 0 saturated heterocycles. The van der Waals surface area contributed by atoms with Crippen molar-refractivity contribution < 1.29 is 9.59 Å². The van der Waals surface area contributed by atoms with E-state index >= 15 is 0 Å². The van der Waals surface area contributed by atoms with Crippen LogP contribution in [0.3, 0.4) is 0 Å². The molecule has 0 aliphatic heterocycles. The molecule has 106 valence electrons. The molecular weight excluding hydrogens is 272 g/mol. The molecule has 0 spiro atoms. The SMILES string of the molecule is CC(=O)c1ccc2ccc3ccc(C(C)=O)c4ccc1c2c34. The number of Topliss-reactive ketones (excluding diaryl/α,β-unsaturated/α-hetero) is 2. The molecule has 2 heteroatoms. The Morgan fingerprint density at radius 3 is 1.32 bits per heavy atom. The highest BCUT2D eigenvalue weighted by atomic mass is 16.1. The zero-order chi connectivity index (χ0) is 15.4. The van der Waals surface area contributed by atoms with Gasteiger partial charge in [-0.05, 0) is 46.2 Å². The Balaban J connectivity index is 2.33. The molecule has 0 unspecified atom stereocenters. The molecule has 0 aliphatic rings. The fraction of sp³-hybridized carbons (Fsp3) is 0.100. The van der Waals surface area contributed by atoms with Gasteiger partial charge in [0.2, 0.25) is 0 Å². The van der Waals surface area contributed by atoms with Gasteiger partial charge in [0.25, 0.3) is 0 Å². The first kappa shape index (κ1) is 13.0. The second-order valence-corrected chi connectivity index (χ2v) is 5.76. The molecule has 4 aromatic carbocycles. The monoisotopic (exact) mass is 286 g/mol. The molecule has 4 rings (SSSR count). The topological polar surface area (TPSA) is 34.1 Å². The minimum absolute atomic E-state index is 0.0599. The first-order chi connectivity index (χ1) is 10.6. The molecule has 0 aromatic heterocycles. The van der Waals surface area contributed by atoms with E-state index in [1.165, 1.54) is 0 Å². The second-order valence-electron chi connectivity index (χ2n) is 5.76. The number of carbonyl (C=O) groups is 2. The molecule has 0 radical (unpaired) electrons. The third kappa shape index (κ3) is 1.61. The van der Waals surface area contributed by atoms with E-state index in [0.717, 1.165) is 43.4 Å². The smallest absolute Gasteiger partial charge is 0.160 e. The molecule has 0 bridgehead atoms. The van der Waals surface area contributed by atoms with Gasteiger partial charge in [-0.25, -0.2) is 0 Å². The maximum Gasteiger partial charge on any atom is 0.160 e. The Hall–Kier alpha value is -2.74. The highest BCUT2D eigenvalue weighted by molar-refractivity contribution is 6.28.